The van der Waals surface area contributed by atoms with Crippen molar-refractivity contribution in [1.82, 2.24) is 4.98 Å². The number of amides is 1. The monoisotopic (exact) mass is 463 g/mol. The molecule has 2 aromatic heterocycles. The van der Waals surface area contributed by atoms with E-state index in [2.05, 4.69) is 23.7 Å². The molecule has 1 amide bonds. The van der Waals surface area contributed by atoms with Crippen molar-refractivity contribution >= 4 is 28.7 Å². The summed E-state index contributed by atoms with van der Waals surface area (Å²) in [5, 5.41) is 0.794. The summed E-state index contributed by atoms with van der Waals surface area (Å²) in [6.45, 7) is 7.55. The molecule has 8 nitrogen and oxygen atoms in total. The van der Waals surface area contributed by atoms with Gasteiger partial charge in [-0.1, -0.05) is 13.8 Å². The number of hydrogen-bond donors (Lipinski definition) is 1. The van der Waals surface area contributed by atoms with Crippen LogP contribution in [0.15, 0.2) is 45.7 Å². The second kappa shape index (κ2) is 9.67. The molecule has 1 fully saturated rings. The van der Waals surface area contributed by atoms with Gasteiger partial charge in [-0.3, -0.25) is 9.59 Å². The fourth-order valence-electron chi connectivity index (χ4n) is 4.46. The first kappa shape index (κ1) is 23.5. The Hall–Kier alpha value is -3.68. The van der Waals surface area contributed by atoms with Gasteiger partial charge in [-0.15, -0.1) is 0 Å². The Morgan fingerprint density at radius 1 is 1.21 bits per heavy atom. The van der Waals surface area contributed by atoms with Gasteiger partial charge >= 0.3 is 11.6 Å². The van der Waals surface area contributed by atoms with Gasteiger partial charge in [0.25, 0.3) is 0 Å². The highest BCUT2D eigenvalue weighted by atomic mass is 16.5. The number of aryl methyl sites for hydroxylation is 1. The fraction of sp³-hybridized carbons (Fsp3) is 0.385. The Morgan fingerprint density at radius 3 is 2.56 bits per heavy atom. The number of primary amides is 1. The van der Waals surface area contributed by atoms with E-state index in [9.17, 15) is 14.4 Å². The van der Waals surface area contributed by atoms with E-state index in [0.717, 1.165) is 16.8 Å². The van der Waals surface area contributed by atoms with Crippen molar-refractivity contribution in [2.24, 2.45) is 11.7 Å². The molecular formula is C26H29N3O5. The summed E-state index contributed by atoms with van der Waals surface area (Å²) in [4.78, 5) is 42.4. The Morgan fingerprint density at radius 2 is 1.94 bits per heavy atom. The molecule has 1 aromatic carbocycles. The molecule has 0 aliphatic carbocycles. The van der Waals surface area contributed by atoms with Crippen molar-refractivity contribution in [3.63, 3.8) is 0 Å². The Labute approximate surface area is 197 Å². The molecule has 0 radical (unpaired) electrons. The number of fused-ring (bicyclic) bond motifs is 1. The molecule has 1 aliphatic heterocycles. The Bertz CT molecular complexity index is 1270. The molecule has 2 N–H and O–H groups in total. The average molecular weight is 464 g/mol. The normalized spacial score (nSPS) is 14.5. The standard InChI is InChI=1S/C26H29N3O5/c1-15(2)20-12-21-19(11-24(30)34-22(21)10-16(20)3)14-33-26(32)17-6-8-29(9-7-17)23-5-4-18(13-28-23)25(27)31/h4-5,10-13,15,17H,6-9,14H2,1-3H3,(H2,27,31). The van der Waals surface area contributed by atoms with Crippen molar-refractivity contribution in [3.05, 3.63) is 69.2 Å². The molecule has 0 atom stereocenters. The van der Waals surface area contributed by atoms with Crippen LogP contribution in [0, 0.1) is 12.8 Å². The highest BCUT2D eigenvalue weighted by Gasteiger charge is 2.27. The summed E-state index contributed by atoms with van der Waals surface area (Å²) in [5.74, 6) is 0.0595. The lowest BCUT2D eigenvalue weighted by Gasteiger charge is -2.31. The number of nitrogens with zero attached hydrogens (tertiary/aromatic N) is 2. The van der Waals surface area contributed by atoms with Crippen LogP contribution in [0.2, 0.25) is 0 Å². The van der Waals surface area contributed by atoms with Crippen LogP contribution in [0.5, 0.6) is 0 Å². The van der Waals surface area contributed by atoms with Crippen molar-refractivity contribution in [2.45, 2.75) is 46.1 Å². The molecular weight excluding hydrogens is 434 g/mol. The number of hydrogen-bond acceptors (Lipinski definition) is 7. The number of aromatic nitrogens is 1. The van der Waals surface area contributed by atoms with Crippen molar-refractivity contribution in [2.75, 3.05) is 18.0 Å². The second-order valence-corrected chi connectivity index (χ2v) is 9.09. The largest absolute Gasteiger partial charge is 0.461 e. The number of benzene rings is 1. The molecule has 3 aromatic rings. The van der Waals surface area contributed by atoms with E-state index in [-0.39, 0.29) is 18.5 Å². The average Bonchev–Trinajstić information content (AvgIpc) is 2.81. The molecule has 0 bridgehead atoms. The van der Waals surface area contributed by atoms with Crippen LogP contribution in [0.4, 0.5) is 5.82 Å². The number of anilines is 1. The molecule has 0 saturated carbocycles. The van der Waals surface area contributed by atoms with Crippen LogP contribution in [0.3, 0.4) is 0 Å². The van der Waals surface area contributed by atoms with Gasteiger partial charge in [0, 0.05) is 36.3 Å². The van der Waals surface area contributed by atoms with E-state index in [1.165, 1.54) is 17.8 Å². The number of carbonyl (C=O) groups excluding carboxylic acids is 2. The number of rotatable bonds is 6. The molecule has 0 spiro atoms. The lowest BCUT2D eigenvalue weighted by atomic mass is 9.95. The summed E-state index contributed by atoms with van der Waals surface area (Å²) in [6, 6.07) is 8.71. The minimum Gasteiger partial charge on any atom is -0.461 e. The first-order chi connectivity index (χ1) is 16.2. The number of nitrogens with two attached hydrogens (primary N) is 1. The molecule has 178 valence electrons. The molecule has 3 heterocycles. The molecule has 1 aliphatic rings. The van der Waals surface area contributed by atoms with Crippen LogP contribution < -0.4 is 16.3 Å². The lowest BCUT2D eigenvalue weighted by molar-refractivity contribution is -0.150. The molecule has 8 heteroatoms. The van der Waals surface area contributed by atoms with E-state index in [1.54, 1.807) is 12.1 Å². The summed E-state index contributed by atoms with van der Waals surface area (Å²) >= 11 is 0. The molecule has 4 rings (SSSR count). The number of esters is 1. The number of pyridine rings is 1. The van der Waals surface area contributed by atoms with Gasteiger partial charge in [0.05, 0.1) is 11.5 Å². The van der Waals surface area contributed by atoms with Gasteiger partial charge in [-0.05, 0) is 61.1 Å². The summed E-state index contributed by atoms with van der Waals surface area (Å²) in [6.07, 6.45) is 2.73. The maximum Gasteiger partial charge on any atom is 0.336 e. The Balaban J connectivity index is 1.41. The third-order valence-electron chi connectivity index (χ3n) is 6.39. The van der Waals surface area contributed by atoms with E-state index in [1.807, 2.05) is 19.1 Å². The first-order valence-corrected chi connectivity index (χ1v) is 11.5. The van der Waals surface area contributed by atoms with Gasteiger partial charge in [0.2, 0.25) is 5.91 Å². The first-order valence-electron chi connectivity index (χ1n) is 11.5. The van der Waals surface area contributed by atoms with E-state index in [4.69, 9.17) is 14.9 Å². The zero-order chi connectivity index (χ0) is 24.4. The highest BCUT2D eigenvalue weighted by Crippen LogP contribution is 2.28. The number of carbonyl (C=O) groups is 2. The highest BCUT2D eigenvalue weighted by molar-refractivity contribution is 5.92. The van der Waals surface area contributed by atoms with Crippen molar-refractivity contribution in [3.8, 4) is 0 Å². The minimum atomic E-state index is -0.514. The molecule has 1 saturated heterocycles. The van der Waals surface area contributed by atoms with E-state index >= 15 is 0 Å². The van der Waals surface area contributed by atoms with E-state index < -0.39 is 11.5 Å². The quantitative estimate of drug-likeness (QED) is 0.438. The predicted molar refractivity (Wildman–Crippen MR) is 129 cm³/mol. The summed E-state index contributed by atoms with van der Waals surface area (Å²) in [5.41, 5.74) is 8.55. The minimum absolute atomic E-state index is 0.0257. The molecule has 0 unspecified atom stereocenters. The van der Waals surface area contributed by atoms with Crippen LogP contribution in [0.1, 0.15) is 59.7 Å². The Kier molecular flexibility index (Phi) is 6.68. The van der Waals surface area contributed by atoms with Crippen LogP contribution >= 0.6 is 0 Å². The van der Waals surface area contributed by atoms with Gasteiger partial charge in [0.15, 0.2) is 0 Å². The summed E-state index contributed by atoms with van der Waals surface area (Å²) < 4.78 is 11.0. The van der Waals surface area contributed by atoms with Crippen molar-refractivity contribution < 1.29 is 18.7 Å². The third kappa shape index (κ3) is 4.95. The number of ether oxygens (including phenoxy) is 1. The fourth-order valence-corrected chi connectivity index (χ4v) is 4.46. The van der Waals surface area contributed by atoms with Gasteiger partial charge in [-0.2, -0.15) is 0 Å². The maximum atomic E-state index is 12.8. The van der Waals surface area contributed by atoms with Crippen LogP contribution in [0.25, 0.3) is 11.0 Å². The van der Waals surface area contributed by atoms with Gasteiger partial charge < -0.3 is 19.8 Å². The zero-order valence-corrected chi connectivity index (χ0v) is 19.7. The third-order valence-corrected chi connectivity index (χ3v) is 6.39. The lowest BCUT2D eigenvalue weighted by Crippen LogP contribution is -2.37. The van der Waals surface area contributed by atoms with Crippen molar-refractivity contribution in [1.29, 1.82) is 0 Å². The maximum absolute atomic E-state index is 12.8. The molecule has 34 heavy (non-hydrogen) atoms. The smallest absolute Gasteiger partial charge is 0.336 e. The second-order valence-electron chi connectivity index (χ2n) is 9.09. The van der Waals surface area contributed by atoms with Gasteiger partial charge in [0.1, 0.15) is 18.0 Å². The van der Waals surface area contributed by atoms with E-state index in [0.29, 0.717) is 48.6 Å². The predicted octanol–water partition coefficient (Wildman–Crippen LogP) is 3.68. The van der Waals surface area contributed by atoms with Gasteiger partial charge in [-0.25, -0.2) is 9.78 Å². The zero-order valence-electron chi connectivity index (χ0n) is 19.7. The topological polar surface area (TPSA) is 116 Å². The summed E-state index contributed by atoms with van der Waals surface area (Å²) in [7, 11) is 0. The SMILES string of the molecule is Cc1cc2oc(=O)cc(COC(=O)C3CCN(c4ccc(C(N)=O)cn4)CC3)c2cc1C(C)C. The van der Waals surface area contributed by atoms with Crippen LogP contribution in [-0.2, 0) is 16.1 Å². The number of piperidine rings is 1. The van der Waals surface area contributed by atoms with Crippen LogP contribution in [-0.4, -0.2) is 29.9 Å².